The second-order valence-electron chi connectivity index (χ2n) is 4.20. The van der Waals surface area contributed by atoms with E-state index < -0.39 is 0 Å². The number of methoxy groups -OCH3 is 1. The molecule has 2 aromatic rings. The molecule has 0 aliphatic heterocycles. The van der Waals surface area contributed by atoms with Crippen molar-refractivity contribution in [3.05, 3.63) is 35.7 Å². The molecule has 1 aromatic heterocycles. The standard InChI is InChI=1S/C14H17N3O3/c1-3-8-20-14-7-5-4-6-12(14)17-13(10-19-2)11(9-18)15-16-17/h4-7,9H,3,8,10H2,1-2H3. The van der Waals surface area contributed by atoms with Crippen LogP contribution >= 0.6 is 0 Å². The van der Waals surface area contributed by atoms with Gasteiger partial charge >= 0.3 is 0 Å². The van der Waals surface area contributed by atoms with Gasteiger partial charge in [-0.2, -0.15) is 0 Å². The first kappa shape index (κ1) is 14.2. The Morgan fingerprint density at radius 2 is 2.15 bits per heavy atom. The molecular formula is C14H17N3O3. The number of para-hydroxylation sites is 2. The largest absolute Gasteiger partial charge is 0.491 e. The van der Waals surface area contributed by atoms with E-state index in [-0.39, 0.29) is 12.3 Å². The summed E-state index contributed by atoms with van der Waals surface area (Å²) in [5, 5.41) is 7.88. The Morgan fingerprint density at radius 1 is 1.35 bits per heavy atom. The highest BCUT2D eigenvalue weighted by molar-refractivity contribution is 5.73. The molecule has 6 nitrogen and oxygen atoms in total. The monoisotopic (exact) mass is 275 g/mol. The highest BCUT2D eigenvalue weighted by Crippen LogP contribution is 2.24. The minimum atomic E-state index is 0.253. The summed E-state index contributed by atoms with van der Waals surface area (Å²) in [5.41, 5.74) is 1.63. The predicted molar refractivity (Wildman–Crippen MR) is 73.2 cm³/mol. The number of aromatic nitrogens is 3. The SMILES string of the molecule is CCCOc1ccccc1-n1nnc(C=O)c1COC. The topological polar surface area (TPSA) is 66.2 Å². The highest BCUT2D eigenvalue weighted by Gasteiger charge is 2.16. The average molecular weight is 275 g/mol. The van der Waals surface area contributed by atoms with Gasteiger partial charge in [-0.15, -0.1) is 5.10 Å². The van der Waals surface area contributed by atoms with Gasteiger partial charge in [-0.1, -0.05) is 24.3 Å². The summed E-state index contributed by atoms with van der Waals surface area (Å²) < 4.78 is 12.4. The minimum absolute atomic E-state index is 0.253. The van der Waals surface area contributed by atoms with Crippen molar-refractivity contribution in [1.82, 2.24) is 15.0 Å². The maximum Gasteiger partial charge on any atom is 0.172 e. The Bertz CT molecular complexity index is 581. The third-order valence-corrected chi connectivity index (χ3v) is 2.74. The van der Waals surface area contributed by atoms with E-state index in [0.717, 1.165) is 12.1 Å². The molecule has 20 heavy (non-hydrogen) atoms. The number of rotatable bonds is 7. The van der Waals surface area contributed by atoms with Crippen molar-refractivity contribution in [2.45, 2.75) is 20.0 Å². The Kier molecular flexibility index (Phi) is 4.84. The van der Waals surface area contributed by atoms with Crippen molar-refractivity contribution in [1.29, 1.82) is 0 Å². The molecule has 0 saturated carbocycles. The van der Waals surface area contributed by atoms with E-state index in [1.807, 2.05) is 31.2 Å². The first-order valence-corrected chi connectivity index (χ1v) is 6.42. The van der Waals surface area contributed by atoms with Crippen molar-refractivity contribution in [3.63, 3.8) is 0 Å². The second-order valence-corrected chi connectivity index (χ2v) is 4.20. The lowest BCUT2D eigenvalue weighted by atomic mass is 10.2. The number of carbonyl (C=O) groups is 1. The van der Waals surface area contributed by atoms with Crippen LogP contribution in [0.3, 0.4) is 0 Å². The fraction of sp³-hybridized carbons (Fsp3) is 0.357. The molecule has 6 heteroatoms. The van der Waals surface area contributed by atoms with Crippen LogP contribution in [0.15, 0.2) is 24.3 Å². The molecule has 0 aliphatic rings. The molecular weight excluding hydrogens is 258 g/mol. The molecule has 1 aromatic carbocycles. The Balaban J connectivity index is 2.45. The van der Waals surface area contributed by atoms with Gasteiger partial charge in [0.1, 0.15) is 17.1 Å². The lowest BCUT2D eigenvalue weighted by molar-refractivity contribution is 0.111. The molecule has 0 fully saturated rings. The number of hydrogen-bond donors (Lipinski definition) is 0. The number of benzene rings is 1. The van der Waals surface area contributed by atoms with E-state index in [4.69, 9.17) is 9.47 Å². The van der Waals surface area contributed by atoms with Gasteiger partial charge in [0.05, 0.1) is 13.2 Å². The quantitative estimate of drug-likeness (QED) is 0.723. The van der Waals surface area contributed by atoms with Crippen LogP contribution in [-0.2, 0) is 11.3 Å². The zero-order valence-corrected chi connectivity index (χ0v) is 11.6. The van der Waals surface area contributed by atoms with Crippen molar-refractivity contribution >= 4 is 6.29 Å². The van der Waals surface area contributed by atoms with Crippen LogP contribution in [0.4, 0.5) is 0 Å². The summed E-state index contributed by atoms with van der Waals surface area (Å²) in [6.45, 7) is 2.91. The number of hydrogen-bond acceptors (Lipinski definition) is 5. The van der Waals surface area contributed by atoms with Crippen molar-refractivity contribution < 1.29 is 14.3 Å². The lowest BCUT2D eigenvalue weighted by Gasteiger charge is -2.12. The fourth-order valence-electron chi connectivity index (χ4n) is 1.84. The molecule has 0 bridgehead atoms. The van der Waals surface area contributed by atoms with E-state index >= 15 is 0 Å². The van der Waals surface area contributed by atoms with Crippen LogP contribution in [-0.4, -0.2) is 35.0 Å². The number of carbonyl (C=O) groups excluding carboxylic acids is 1. The van der Waals surface area contributed by atoms with E-state index in [2.05, 4.69) is 10.3 Å². The molecule has 106 valence electrons. The molecule has 1 heterocycles. The van der Waals surface area contributed by atoms with Gasteiger partial charge in [-0.3, -0.25) is 4.79 Å². The summed E-state index contributed by atoms with van der Waals surface area (Å²) >= 11 is 0. The van der Waals surface area contributed by atoms with Gasteiger partial charge in [0.25, 0.3) is 0 Å². The lowest BCUT2D eigenvalue weighted by Crippen LogP contribution is -2.07. The van der Waals surface area contributed by atoms with Gasteiger partial charge in [-0.05, 0) is 18.6 Å². The number of aldehydes is 1. The zero-order valence-electron chi connectivity index (χ0n) is 11.6. The van der Waals surface area contributed by atoms with Crippen LogP contribution in [0, 0.1) is 0 Å². The molecule has 0 saturated heterocycles. The normalized spacial score (nSPS) is 10.5. The summed E-state index contributed by atoms with van der Waals surface area (Å²) in [5.74, 6) is 0.703. The predicted octanol–water partition coefficient (Wildman–Crippen LogP) is 2.01. The second kappa shape index (κ2) is 6.81. The van der Waals surface area contributed by atoms with Gasteiger partial charge < -0.3 is 9.47 Å². The van der Waals surface area contributed by atoms with E-state index in [1.165, 1.54) is 0 Å². The first-order valence-electron chi connectivity index (χ1n) is 6.42. The fourth-order valence-corrected chi connectivity index (χ4v) is 1.84. The molecule has 2 rings (SSSR count). The molecule has 0 atom stereocenters. The van der Waals surface area contributed by atoms with Gasteiger partial charge in [0.2, 0.25) is 0 Å². The van der Waals surface area contributed by atoms with Gasteiger partial charge in [-0.25, -0.2) is 4.68 Å². The summed E-state index contributed by atoms with van der Waals surface area (Å²) in [6.07, 6.45) is 1.59. The van der Waals surface area contributed by atoms with Crippen LogP contribution < -0.4 is 4.74 Å². The van der Waals surface area contributed by atoms with E-state index in [1.54, 1.807) is 11.8 Å². The smallest absolute Gasteiger partial charge is 0.172 e. The van der Waals surface area contributed by atoms with Crippen LogP contribution in [0.1, 0.15) is 29.5 Å². The maximum absolute atomic E-state index is 11.0. The van der Waals surface area contributed by atoms with Gasteiger partial charge in [0, 0.05) is 7.11 Å². The third-order valence-electron chi connectivity index (χ3n) is 2.74. The first-order chi connectivity index (χ1) is 9.81. The summed E-state index contributed by atoms with van der Waals surface area (Å²) in [6, 6.07) is 7.51. The maximum atomic E-state index is 11.0. The molecule has 0 amide bonds. The van der Waals surface area contributed by atoms with Gasteiger partial charge in [0.15, 0.2) is 12.0 Å². The van der Waals surface area contributed by atoms with Crippen molar-refractivity contribution in [2.75, 3.05) is 13.7 Å². The number of ether oxygens (including phenoxy) is 2. The minimum Gasteiger partial charge on any atom is -0.491 e. The van der Waals surface area contributed by atoms with E-state index in [9.17, 15) is 4.79 Å². The van der Waals surface area contributed by atoms with Crippen LogP contribution in [0.5, 0.6) is 5.75 Å². The van der Waals surface area contributed by atoms with Crippen LogP contribution in [0.25, 0.3) is 5.69 Å². The summed E-state index contributed by atoms with van der Waals surface area (Å²) in [7, 11) is 1.56. The van der Waals surface area contributed by atoms with Crippen molar-refractivity contribution in [2.24, 2.45) is 0 Å². The average Bonchev–Trinajstić information content (AvgIpc) is 2.88. The Hall–Kier alpha value is -2.21. The molecule has 0 N–H and O–H groups in total. The highest BCUT2D eigenvalue weighted by atomic mass is 16.5. The third kappa shape index (κ3) is 2.85. The van der Waals surface area contributed by atoms with Crippen LogP contribution in [0.2, 0.25) is 0 Å². The number of nitrogens with zero attached hydrogens (tertiary/aromatic N) is 3. The molecule has 0 unspecified atom stereocenters. The summed E-state index contributed by atoms with van der Waals surface area (Å²) in [4.78, 5) is 11.0. The van der Waals surface area contributed by atoms with E-state index in [0.29, 0.717) is 24.3 Å². The molecule has 0 aliphatic carbocycles. The molecule has 0 spiro atoms. The zero-order chi connectivity index (χ0) is 14.4. The Morgan fingerprint density at radius 3 is 2.85 bits per heavy atom. The Labute approximate surface area is 117 Å². The molecule has 0 radical (unpaired) electrons. The van der Waals surface area contributed by atoms with Crippen molar-refractivity contribution in [3.8, 4) is 11.4 Å².